The number of aliphatic imine (C=N–C) groups is 1. The molecule has 1 saturated heterocycles. The molecule has 5 rings (SSSR count). The molecule has 2 aliphatic rings. The maximum absolute atomic E-state index is 12.7. The lowest BCUT2D eigenvalue weighted by atomic mass is 10.0. The number of rotatable bonds is 4. The Kier molecular flexibility index (Phi) is 4.96. The van der Waals surface area contributed by atoms with E-state index in [4.69, 9.17) is 4.74 Å². The zero-order chi connectivity index (χ0) is 20.5. The van der Waals surface area contributed by atoms with E-state index in [9.17, 15) is 4.79 Å². The van der Waals surface area contributed by atoms with Crippen LogP contribution in [0.15, 0.2) is 47.5 Å². The molecule has 3 aromatic rings. The van der Waals surface area contributed by atoms with Crippen LogP contribution in [0.2, 0.25) is 0 Å². The summed E-state index contributed by atoms with van der Waals surface area (Å²) in [5.41, 5.74) is 3.95. The molecule has 7 heteroatoms. The summed E-state index contributed by atoms with van der Waals surface area (Å²) < 4.78 is 5.51. The van der Waals surface area contributed by atoms with Gasteiger partial charge in [-0.3, -0.25) is 9.89 Å². The van der Waals surface area contributed by atoms with Gasteiger partial charge in [0.1, 0.15) is 5.75 Å². The van der Waals surface area contributed by atoms with Crippen LogP contribution in [0.4, 0.5) is 5.82 Å². The van der Waals surface area contributed by atoms with Crippen molar-refractivity contribution in [3.8, 4) is 17.0 Å². The first kappa shape index (κ1) is 18.8. The number of amides is 1. The van der Waals surface area contributed by atoms with E-state index in [1.165, 1.54) is 11.3 Å². The third-order valence-corrected chi connectivity index (χ3v) is 6.69. The second-order valence-corrected chi connectivity index (χ2v) is 8.47. The van der Waals surface area contributed by atoms with Gasteiger partial charge in [0.2, 0.25) is 0 Å². The molecule has 0 radical (unpaired) electrons. The molecule has 2 aromatic heterocycles. The van der Waals surface area contributed by atoms with Crippen molar-refractivity contribution in [1.29, 1.82) is 0 Å². The van der Waals surface area contributed by atoms with E-state index in [1.54, 1.807) is 7.11 Å². The van der Waals surface area contributed by atoms with E-state index in [0.717, 1.165) is 63.8 Å². The number of carbonyl (C=O) groups is 1. The van der Waals surface area contributed by atoms with Gasteiger partial charge in [-0.05, 0) is 43.5 Å². The number of aromatic amines is 1. The smallest absolute Gasteiger partial charge is 0.263 e. The topological polar surface area (TPSA) is 70.6 Å². The first-order valence-electron chi connectivity index (χ1n) is 10.1. The van der Waals surface area contributed by atoms with Crippen LogP contribution in [-0.4, -0.2) is 47.4 Å². The average Bonchev–Trinajstić information content (AvgIpc) is 3.53. The van der Waals surface area contributed by atoms with Gasteiger partial charge in [-0.1, -0.05) is 18.2 Å². The first-order valence-corrected chi connectivity index (χ1v) is 10.9. The summed E-state index contributed by atoms with van der Waals surface area (Å²) in [4.78, 5) is 21.1. The molecule has 0 atom stereocenters. The molecular formula is C23H22N4O2S. The number of para-hydroxylation sites is 1. The number of carbonyl (C=O) groups excluding carboxylic acids is 1. The van der Waals surface area contributed by atoms with Crippen LogP contribution >= 0.6 is 11.3 Å². The molecule has 152 valence electrons. The predicted octanol–water partition coefficient (Wildman–Crippen LogP) is 4.72. The number of fused-ring (bicyclic) bond motifs is 1. The Morgan fingerprint density at radius 1 is 1.17 bits per heavy atom. The molecule has 4 heterocycles. The Hall–Kier alpha value is -3.19. The highest BCUT2D eigenvalue weighted by Gasteiger charge is 2.22. The molecule has 0 aliphatic carbocycles. The Morgan fingerprint density at radius 2 is 2.00 bits per heavy atom. The number of H-pyrrole nitrogens is 1. The number of aromatic nitrogens is 2. The van der Waals surface area contributed by atoms with Crippen LogP contribution in [0.3, 0.4) is 0 Å². The van der Waals surface area contributed by atoms with Gasteiger partial charge in [0.15, 0.2) is 5.82 Å². The molecule has 0 bridgehead atoms. The van der Waals surface area contributed by atoms with E-state index in [1.807, 2.05) is 47.5 Å². The van der Waals surface area contributed by atoms with Crippen LogP contribution in [0.1, 0.15) is 33.0 Å². The molecule has 2 aliphatic heterocycles. The number of methoxy groups -OCH3 is 1. The van der Waals surface area contributed by atoms with E-state index >= 15 is 0 Å². The van der Waals surface area contributed by atoms with Crippen LogP contribution in [0.5, 0.6) is 5.75 Å². The molecule has 1 amide bonds. The van der Waals surface area contributed by atoms with E-state index in [2.05, 4.69) is 21.3 Å². The van der Waals surface area contributed by atoms with E-state index in [0.29, 0.717) is 12.2 Å². The minimum Gasteiger partial charge on any atom is -0.496 e. The van der Waals surface area contributed by atoms with E-state index in [-0.39, 0.29) is 5.91 Å². The van der Waals surface area contributed by atoms with Crippen molar-refractivity contribution >= 4 is 34.8 Å². The molecule has 0 unspecified atom stereocenters. The minimum absolute atomic E-state index is 0.140. The van der Waals surface area contributed by atoms with Gasteiger partial charge >= 0.3 is 0 Å². The zero-order valence-corrected chi connectivity index (χ0v) is 17.5. The Bertz CT molecular complexity index is 1150. The van der Waals surface area contributed by atoms with Gasteiger partial charge < -0.3 is 9.64 Å². The second-order valence-electron chi connectivity index (χ2n) is 7.39. The summed E-state index contributed by atoms with van der Waals surface area (Å²) in [6.07, 6.45) is 6.89. The molecule has 1 N–H and O–H groups in total. The molecule has 0 saturated carbocycles. The SMILES string of the molecule is COc1ccccc1-c1[nH]nc2c1CC=C(c1ccc(C(=O)N3CCCC3)s1)C=N2. The zero-order valence-electron chi connectivity index (χ0n) is 16.7. The Balaban J connectivity index is 1.42. The Labute approximate surface area is 178 Å². The largest absolute Gasteiger partial charge is 0.496 e. The van der Waals surface area contributed by atoms with Crippen LogP contribution < -0.4 is 4.74 Å². The number of thiophene rings is 1. The van der Waals surface area contributed by atoms with E-state index < -0.39 is 0 Å². The molecule has 1 fully saturated rings. The highest BCUT2D eigenvalue weighted by atomic mass is 32.1. The van der Waals surface area contributed by atoms with Crippen molar-refractivity contribution in [1.82, 2.24) is 15.1 Å². The summed E-state index contributed by atoms with van der Waals surface area (Å²) in [6, 6.07) is 11.8. The maximum atomic E-state index is 12.7. The van der Waals surface area contributed by atoms with Crippen molar-refractivity contribution < 1.29 is 9.53 Å². The van der Waals surface area contributed by atoms with Crippen molar-refractivity contribution in [3.05, 3.63) is 57.8 Å². The number of likely N-dealkylation sites (tertiary alicyclic amines) is 1. The minimum atomic E-state index is 0.140. The number of hydrogen-bond acceptors (Lipinski definition) is 5. The van der Waals surface area contributed by atoms with Crippen LogP contribution in [-0.2, 0) is 6.42 Å². The van der Waals surface area contributed by atoms with Gasteiger partial charge in [-0.25, -0.2) is 4.99 Å². The first-order chi connectivity index (χ1) is 14.7. The van der Waals surface area contributed by atoms with Crippen molar-refractivity contribution in [2.75, 3.05) is 20.2 Å². The van der Waals surface area contributed by atoms with Crippen molar-refractivity contribution in [2.24, 2.45) is 4.99 Å². The third-order valence-electron chi connectivity index (χ3n) is 5.57. The lowest BCUT2D eigenvalue weighted by Crippen LogP contribution is -2.26. The fourth-order valence-electron chi connectivity index (χ4n) is 3.97. The maximum Gasteiger partial charge on any atom is 0.263 e. The van der Waals surface area contributed by atoms with Crippen molar-refractivity contribution in [2.45, 2.75) is 19.3 Å². The van der Waals surface area contributed by atoms with Crippen molar-refractivity contribution in [3.63, 3.8) is 0 Å². The standard InChI is InChI=1S/C23H22N4O2S/c1-29-18-7-3-2-6-16(18)21-17-9-8-15(14-24-22(17)26-25-21)19-10-11-20(30-19)23(28)27-12-4-5-13-27/h2-3,6-8,10-11,14H,4-5,9,12-13H2,1H3,(H,25,26). The normalized spacial score (nSPS) is 15.6. The fraction of sp³-hybridized carbons (Fsp3) is 0.261. The highest BCUT2D eigenvalue weighted by molar-refractivity contribution is 7.15. The summed E-state index contributed by atoms with van der Waals surface area (Å²) in [6.45, 7) is 1.73. The number of ether oxygens (including phenoxy) is 1. The molecular weight excluding hydrogens is 396 g/mol. The summed E-state index contributed by atoms with van der Waals surface area (Å²) in [5, 5.41) is 7.53. The summed E-state index contributed by atoms with van der Waals surface area (Å²) >= 11 is 1.53. The Morgan fingerprint density at radius 3 is 2.83 bits per heavy atom. The van der Waals surface area contributed by atoms with Gasteiger partial charge in [0, 0.05) is 40.9 Å². The molecule has 6 nitrogen and oxygen atoms in total. The summed E-state index contributed by atoms with van der Waals surface area (Å²) in [5.74, 6) is 1.62. The number of nitrogens with one attached hydrogen (secondary N) is 1. The van der Waals surface area contributed by atoms with Crippen LogP contribution in [0, 0.1) is 0 Å². The van der Waals surface area contributed by atoms with Gasteiger partial charge in [-0.2, -0.15) is 5.10 Å². The molecule has 30 heavy (non-hydrogen) atoms. The number of nitrogens with zero attached hydrogens (tertiary/aromatic N) is 3. The van der Waals surface area contributed by atoms with Gasteiger partial charge in [0.25, 0.3) is 5.91 Å². The monoisotopic (exact) mass is 418 g/mol. The van der Waals surface area contributed by atoms with Gasteiger partial charge in [-0.15, -0.1) is 11.3 Å². The third kappa shape index (κ3) is 3.35. The molecule has 0 spiro atoms. The van der Waals surface area contributed by atoms with Gasteiger partial charge in [0.05, 0.1) is 17.7 Å². The lowest BCUT2D eigenvalue weighted by molar-refractivity contribution is 0.0797. The number of hydrogen-bond donors (Lipinski definition) is 1. The quantitative estimate of drug-likeness (QED) is 0.666. The number of benzene rings is 1. The second kappa shape index (κ2) is 7.91. The lowest BCUT2D eigenvalue weighted by Gasteiger charge is -2.13. The average molecular weight is 419 g/mol. The molecule has 1 aromatic carbocycles. The number of allylic oxidation sites excluding steroid dienone is 2. The summed E-state index contributed by atoms with van der Waals surface area (Å²) in [7, 11) is 1.67. The fourth-order valence-corrected chi connectivity index (χ4v) is 4.95. The predicted molar refractivity (Wildman–Crippen MR) is 120 cm³/mol. The highest BCUT2D eigenvalue weighted by Crippen LogP contribution is 2.37. The van der Waals surface area contributed by atoms with Crippen LogP contribution in [0.25, 0.3) is 16.8 Å².